The minimum atomic E-state index is -3.66. The maximum Gasteiger partial charge on any atom is 0.242 e. The first kappa shape index (κ1) is 13.1. The second kappa shape index (κ2) is 5.14. The highest BCUT2D eigenvalue weighted by Gasteiger charge is 2.21. The molecule has 0 spiro atoms. The topological polar surface area (TPSA) is 59.3 Å². The Morgan fingerprint density at radius 2 is 1.94 bits per heavy atom. The van der Waals surface area contributed by atoms with Gasteiger partial charge in [0.15, 0.2) is 0 Å². The van der Waals surface area contributed by atoms with Gasteiger partial charge in [-0.15, -0.1) is 0 Å². The van der Waals surface area contributed by atoms with Gasteiger partial charge >= 0.3 is 0 Å². The molecule has 1 aromatic heterocycles. The lowest BCUT2D eigenvalue weighted by Gasteiger charge is -2.12. The van der Waals surface area contributed by atoms with Crippen LogP contribution in [0, 0.1) is 0 Å². The van der Waals surface area contributed by atoms with Crippen LogP contribution in [0.1, 0.15) is 18.7 Å². The second-order valence-corrected chi connectivity index (χ2v) is 5.88. The zero-order valence-corrected chi connectivity index (χ0v) is 11.2. The minimum Gasteiger partial charge on any atom is -0.468 e. The van der Waals surface area contributed by atoms with Crippen molar-refractivity contribution in [3.8, 4) is 0 Å². The maximum atomic E-state index is 12.1. The third-order valence-corrected chi connectivity index (χ3v) is 4.47. The van der Waals surface area contributed by atoms with Crippen LogP contribution in [-0.2, 0) is 10.0 Å². The molecule has 0 radical (unpaired) electrons. The Kier molecular flexibility index (Phi) is 3.75. The van der Waals surface area contributed by atoms with Crippen molar-refractivity contribution in [2.45, 2.75) is 17.9 Å². The zero-order chi connectivity index (χ0) is 13.2. The van der Waals surface area contributed by atoms with E-state index in [1.165, 1.54) is 18.4 Å². The van der Waals surface area contributed by atoms with E-state index in [1.807, 2.05) is 0 Å². The van der Waals surface area contributed by atoms with Crippen molar-refractivity contribution in [1.82, 2.24) is 4.72 Å². The van der Waals surface area contributed by atoms with Crippen molar-refractivity contribution >= 4 is 21.6 Å². The Labute approximate surface area is 111 Å². The molecule has 0 amide bonds. The molecular weight excluding hydrogens is 274 g/mol. The smallest absolute Gasteiger partial charge is 0.242 e. The molecule has 0 aliphatic rings. The molecule has 6 heteroatoms. The van der Waals surface area contributed by atoms with Crippen LogP contribution < -0.4 is 4.72 Å². The largest absolute Gasteiger partial charge is 0.468 e. The number of rotatable bonds is 4. The molecule has 0 fully saturated rings. The lowest BCUT2D eigenvalue weighted by atomic mass is 10.3. The molecule has 4 nitrogen and oxygen atoms in total. The molecule has 0 saturated carbocycles. The van der Waals surface area contributed by atoms with Gasteiger partial charge in [0.25, 0.3) is 0 Å². The molecule has 0 bridgehead atoms. The molecule has 0 aliphatic carbocycles. The van der Waals surface area contributed by atoms with Gasteiger partial charge in [-0.25, -0.2) is 13.1 Å². The Morgan fingerprint density at radius 1 is 1.22 bits per heavy atom. The Hall–Kier alpha value is -1.30. The fourth-order valence-corrected chi connectivity index (χ4v) is 3.29. The van der Waals surface area contributed by atoms with Crippen LogP contribution in [0.3, 0.4) is 0 Å². The average Bonchev–Trinajstić information content (AvgIpc) is 2.82. The molecule has 1 atom stereocenters. The summed E-state index contributed by atoms with van der Waals surface area (Å²) in [5.41, 5.74) is 0. The Bertz CT molecular complexity index is 623. The van der Waals surface area contributed by atoms with E-state index in [9.17, 15) is 8.42 Å². The first-order valence-electron chi connectivity index (χ1n) is 5.31. The summed E-state index contributed by atoms with van der Waals surface area (Å²) < 4.78 is 31.9. The van der Waals surface area contributed by atoms with E-state index in [0.29, 0.717) is 5.76 Å². The second-order valence-electron chi connectivity index (χ2n) is 3.79. The molecule has 1 N–H and O–H groups in total. The van der Waals surface area contributed by atoms with E-state index in [2.05, 4.69) is 4.72 Å². The van der Waals surface area contributed by atoms with Crippen LogP contribution in [-0.4, -0.2) is 8.42 Å². The number of hydrogen-bond donors (Lipinski definition) is 1. The zero-order valence-electron chi connectivity index (χ0n) is 9.63. The summed E-state index contributed by atoms with van der Waals surface area (Å²) in [6.07, 6.45) is 1.50. The quantitative estimate of drug-likeness (QED) is 0.939. The predicted molar refractivity (Wildman–Crippen MR) is 68.9 cm³/mol. The molecule has 96 valence electrons. The van der Waals surface area contributed by atoms with Gasteiger partial charge in [-0.2, -0.15) is 0 Å². The first-order valence-corrected chi connectivity index (χ1v) is 7.17. The standard InChI is InChI=1S/C12H12ClNO3S/c1-9(11-6-4-8-17-11)14-18(15,16)12-7-3-2-5-10(12)13/h2-9,14H,1H3. The van der Waals surface area contributed by atoms with Gasteiger partial charge < -0.3 is 4.42 Å². The van der Waals surface area contributed by atoms with E-state index < -0.39 is 16.1 Å². The van der Waals surface area contributed by atoms with Crippen molar-refractivity contribution in [2.75, 3.05) is 0 Å². The van der Waals surface area contributed by atoms with Crippen LogP contribution in [0.2, 0.25) is 5.02 Å². The molecule has 2 aromatic rings. The van der Waals surface area contributed by atoms with Gasteiger partial charge in [0.1, 0.15) is 10.7 Å². The molecule has 1 unspecified atom stereocenters. The van der Waals surface area contributed by atoms with Crippen molar-refractivity contribution in [3.05, 3.63) is 53.4 Å². The lowest BCUT2D eigenvalue weighted by Crippen LogP contribution is -2.26. The summed E-state index contributed by atoms with van der Waals surface area (Å²) in [7, 11) is -3.66. The summed E-state index contributed by atoms with van der Waals surface area (Å²) in [6, 6.07) is 9.25. The summed E-state index contributed by atoms with van der Waals surface area (Å²) in [5.74, 6) is 0.547. The van der Waals surface area contributed by atoms with Gasteiger partial charge in [0.2, 0.25) is 10.0 Å². The summed E-state index contributed by atoms with van der Waals surface area (Å²) in [4.78, 5) is 0.0603. The van der Waals surface area contributed by atoms with Crippen molar-refractivity contribution in [1.29, 1.82) is 0 Å². The molecular formula is C12H12ClNO3S. The SMILES string of the molecule is CC(NS(=O)(=O)c1ccccc1Cl)c1ccco1. The van der Waals surface area contributed by atoms with Crippen LogP contribution in [0.25, 0.3) is 0 Å². The normalized spacial score (nSPS) is 13.4. The van der Waals surface area contributed by atoms with E-state index in [1.54, 1.807) is 31.2 Å². The Morgan fingerprint density at radius 3 is 2.56 bits per heavy atom. The van der Waals surface area contributed by atoms with Crippen LogP contribution in [0.5, 0.6) is 0 Å². The van der Waals surface area contributed by atoms with Crippen LogP contribution in [0.15, 0.2) is 52.0 Å². The number of halogens is 1. The molecule has 0 aliphatic heterocycles. The fourth-order valence-electron chi connectivity index (χ4n) is 1.55. The van der Waals surface area contributed by atoms with Crippen LogP contribution in [0.4, 0.5) is 0 Å². The average molecular weight is 286 g/mol. The van der Waals surface area contributed by atoms with Crippen molar-refractivity contribution in [3.63, 3.8) is 0 Å². The highest BCUT2D eigenvalue weighted by molar-refractivity contribution is 7.89. The Balaban J connectivity index is 2.26. The van der Waals surface area contributed by atoms with Crippen molar-refractivity contribution in [2.24, 2.45) is 0 Å². The first-order chi connectivity index (χ1) is 8.50. The number of hydrogen-bond acceptors (Lipinski definition) is 3. The van der Waals surface area contributed by atoms with Gasteiger partial charge in [-0.1, -0.05) is 23.7 Å². The number of sulfonamides is 1. The van der Waals surface area contributed by atoms with Gasteiger partial charge in [-0.05, 0) is 31.2 Å². The van der Waals surface area contributed by atoms with Crippen LogP contribution >= 0.6 is 11.6 Å². The van der Waals surface area contributed by atoms with E-state index in [0.717, 1.165) is 0 Å². The molecule has 0 saturated heterocycles. The highest BCUT2D eigenvalue weighted by atomic mass is 35.5. The summed E-state index contributed by atoms with van der Waals surface area (Å²) >= 11 is 5.87. The molecule has 1 heterocycles. The number of benzene rings is 1. The van der Waals surface area contributed by atoms with Gasteiger partial charge in [-0.3, -0.25) is 0 Å². The van der Waals surface area contributed by atoms with Gasteiger partial charge in [0, 0.05) is 0 Å². The third kappa shape index (κ3) is 2.75. The van der Waals surface area contributed by atoms with E-state index in [4.69, 9.17) is 16.0 Å². The third-order valence-electron chi connectivity index (χ3n) is 2.43. The number of furan rings is 1. The minimum absolute atomic E-state index is 0.0603. The fraction of sp³-hybridized carbons (Fsp3) is 0.167. The lowest BCUT2D eigenvalue weighted by molar-refractivity contribution is 0.459. The molecule has 1 aromatic carbocycles. The monoisotopic (exact) mass is 285 g/mol. The summed E-state index contributed by atoms with van der Waals surface area (Å²) in [5, 5.41) is 0.191. The summed E-state index contributed by atoms with van der Waals surface area (Å²) in [6.45, 7) is 1.70. The van der Waals surface area contributed by atoms with Gasteiger partial charge in [0.05, 0.1) is 17.3 Å². The molecule has 18 heavy (non-hydrogen) atoms. The predicted octanol–water partition coefficient (Wildman–Crippen LogP) is 2.97. The number of nitrogens with one attached hydrogen (secondary N) is 1. The maximum absolute atomic E-state index is 12.1. The van der Waals surface area contributed by atoms with E-state index >= 15 is 0 Å². The highest BCUT2D eigenvalue weighted by Crippen LogP contribution is 2.23. The molecule has 2 rings (SSSR count). The van der Waals surface area contributed by atoms with Crippen molar-refractivity contribution < 1.29 is 12.8 Å². The van der Waals surface area contributed by atoms with E-state index in [-0.39, 0.29) is 9.92 Å².